The van der Waals surface area contributed by atoms with E-state index in [9.17, 15) is 9.59 Å². The summed E-state index contributed by atoms with van der Waals surface area (Å²) in [6.07, 6.45) is 10.7. The van der Waals surface area contributed by atoms with Crippen LogP contribution in [0.3, 0.4) is 0 Å². The SMILES string of the molecule is CN(CC(=O)N1C[C@@H]2[C@H](CNC(=O)C3CCC3)[C@H]3CC[C@]2(C1)O3)C1CCCC1. The molecule has 2 saturated carbocycles. The Morgan fingerprint density at radius 2 is 1.93 bits per heavy atom. The normalized spacial score (nSPS) is 37.5. The van der Waals surface area contributed by atoms with Gasteiger partial charge in [-0.05, 0) is 45.6 Å². The monoisotopic (exact) mass is 389 g/mol. The van der Waals surface area contributed by atoms with Crippen LogP contribution < -0.4 is 5.32 Å². The van der Waals surface area contributed by atoms with Gasteiger partial charge in [0.25, 0.3) is 0 Å². The summed E-state index contributed by atoms with van der Waals surface area (Å²) in [4.78, 5) is 29.6. The summed E-state index contributed by atoms with van der Waals surface area (Å²) in [5.41, 5.74) is -0.141. The van der Waals surface area contributed by atoms with Gasteiger partial charge in [-0.25, -0.2) is 0 Å². The van der Waals surface area contributed by atoms with E-state index in [1.165, 1.54) is 32.1 Å². The first kappa shape index (κ1) is 18.9. The average molecular weight is 390 g/mol. The number of rotatable bonds is 6. The van der Waals surface area contributed by atoms with Crippen LogP contribution in [0.25, 0.3) is 0 Å². The molecule has 5 aliphatic rings. The Bertz CT molecular complexity index is 631. The van der Waals surface area contributed by atoms with Crippen molar-refractivity contribution in [2.75, 3.05) is 33.2 Å². The summed E-state index contributed by atoms with van der Waals surface area (Å²) >= 11 is 0. The Balaban J connectivity index is 1.18. The van der Waals surface area contributed by atoms with E-state index in [1.54, 1.807) is 0 Å². The number of fused-ring (bicyclic) bond motifs is 1. The van der Waals surface area contributed by atoms with Crippen molar-refractivity contribution < 1.29 is 14.3 Å². The number of carbonyl (C=O) groups is 2. The molecule has 0 aromatic heterocycles. The molecule has 0 aromatic rings. The highest BCUT2D eigenvalue weighted by molar-refractivity contribution is 5.79. The third kappa shape index (κ3) is 3.17. The van der Waals surface area contributed by atoms with Crippen molar-refractivity contribution in [3.8, 4) is 0 Å². The second kappa shape index (κ2) is 7.28. The van der Waals surface area contributed by atoms with Gasteiger partial charge in [-0.3, -0.25) is 14.5 Å². The van der Waals surface area contributed by atoms with Crippen molar-refractivity contribution in [1.82, 2.24) is 15.1 Å². The molecule has 28 heavy (non-hydrogen) atoms. The van der Waals surface area contributed by atoms with Crippen molar-refractivity contribution in [3.63, 3.8) is 0 Å². The van der Waals surface area contributed by atoms with E-state index in [4.69, 9.17) is 4.74 Å². The fourth-order valence-electron chi connectivity index (χ4n) is 6.47. The number of nitrogens with one attached hydrogen (secondary N) is 1. The van der Waals surface area contributed by atoms with Crippen LogP contribution in [0.5, 0.6) is 0 Å². The summed E-state index contributed by atoms with van der Waals surface area (Å²) < 4.78 is 6.46. The summed E-state index contributed by atoms with van der Waals surface area (Å²) in [5.74, 6) is 1.47. The van der Waals surface area contributed by atoms with Gasteiger partial charge in [-0.15, -0.1) is 0 Å². The van der Waals surface area contributed by atoms with Gasteiger partial charge >= 0.3 is 0 Å². The standard InChI is InChI=1S/C22H35N3O3/c1-24(16-7-2-3-8-16)13-20(26)25-12-18-17(11-23-21(27)15-5-4-6-15)19-9-10-22(18,14-25)28-19/h15-19H,2-14H2,1H3,(H,23,27)/t17-,18+,19+,22+/m0/s1. The lowest BCUT2D eigenvalue weighted by Gasteiger charge is -2.30. The lowest BCUT2D eigenvalue weighted by molar-refractivity contribution is -0.133. The highest BCUT2D eigenvalue weighted by Gasteiger charge is 2.63. The first-order chi connectivity index (χ1) is 13.6. The molecule has 2 amide bonds. The third-order valence-corrected chi connectivity index (χ3v) is 8.46. The topological polar surface area (TPSA) is 61.9 Å². The Kier molecular flexibility index (Phi) is 4.90. The van der Waals surface area contributed by atoms with Crippen molar-refractivity contribution in [2.45, 2.75) is 75.5 Å². The first-order valence-corrected chi connectivity index (χ1v) is 11.5. The average Bonchev–Trinajstić information content (AvgIpc) is 3.38. The van der Waals surface area contributed by atoms with E-state index < -0.39 is 0 Å². The second-order valence-corrected chi connectivity index (χ2v) is 10.0. The van der Waals surface area contributed by atoms with Gasteiger partial charge in [0.2, 0.25) is 11.8 Å². The van der Waals surface area contributed by atoms with E-state index in [2.05, 4.69) is 22.2 Å². The Labute approximate surface area is 168 Å². The third-order valence-electron chi connectivity index (χ3n) is 8.46. The molecule has 3 heterocycles. The van der Waals surface area contributed by atoms with Gasteiger partial charge < -0.3 is 15.0 Å². The van der Waals surface area contributed by atoms with Crippen LogP contribution in [0.1, 0.15) is 57.8 Å². The van der Waals surface area contributed by atoms with E-state index in [0.717, 1.165) is 45.3 Å². The Morgan fingerprint density at radius 3 is 2.64 bits per heavy atom. The molecule has 1 N–H and O–H groups in total. The van der Waals surface area contributed by atoms with E-state index >= 15 is 0 Å². The molecule has 0 radical (unpaired) electrons. The van der Waals surface area contributed by atoms with Gasteiger partial charge in [0, 0.05) is 36.9 Å². The number of ether oxygens (including phenoxy) is 1. The van der Waals surface area contributed by atoms with Crippen LogP contribution in [0, 0.1) is 17.8 Å². The molecule has 6 nitrogen and oxygen atoms in total. The van der Waals surface area contributed by atoms with Crippen LogP contribution >= 0.6 is 0 Å². The van der Waals surface area contributed by atoms with E-state index in [-0.39, 0.29) is 29.4 Å². The minimum Gasteiger partial charge on any atom is -0.369 e. The smallest absolute Gasteiger partial charge is 0.236 e. The first-order valence-electron chi connectivity index (χ1n) is 11.5. The van der Waals surface area contributed by atoms with Gasteiger partial charge in [0.05, 0.1) is 24.8 Å². The van der Waals surface area contributed by atoms with Crippen molar-refractivity contribution >= 4 is 11.8 Å². The number of hydrogen-bond donors (Lipinski definition) is 1. The summed E-state index contributed by atoms with van der Waals surface area (Å²) in [6, 6.07) is 0.575. The quantitative estimate of drug-likeness (QED) is 0.752. The van der Waals surface area contributed by atoms with Crippen LogP contribution in [0.15, 0.2) is 0 Å². The molecule has 4 atom stereocenters. The number of carbonyl (C=O) groups excluding carboxylic acids is 2. The maximum Gasteiger partial charge on any atom is 0.236 e. The number of nitrogens with zero attached hydrogens (tertiary/aromatic N) is 2. The highest BCUT2D eigenvalue weighted by atomic mass is 16.5. The molecule has 3 aliphatic heterocycles. The van der Waals surface area contributed by atoms with Crippen molar-refractivity contribution in [1.29, 1.82) is 0 Å². The molecular weight excluding hydrogens is 354 g/mol. The van der Waals surface area contributed by atoms with Crippen molar-refractivity contribution in [3.05, 3.63) is 0 Å². The predicted molar refractivity (Wildman–Crippen MR) is 106 cm³/mol. The Hall–Kier alpha value is -1.14. The summed E-state index contributed by atoms with van der Waals surface area (Å²) in [7, 11) is 2.10. The second-order valence-electron chi connectivity index (χ2n) is 10.0. The molecule has 3 saturated heterocycles. The van der Waals surface area contributed by atoms with E-state index in [1.807, 2.05) is 0 Å². The predicted octanol–water partition coefficient (Wildman–Crippen LogP) is 1.78. The number of amides is 2. The van der Waals surface area contributed by atoms with Crippen LogP contribution in [-0.2, 0) is 14.3 Å². The largest absolute Gasteiger partial charge is 0.369 e. The fraction of sp³-hybridized carbons (Fsp3) is 0.909. The van der Waals surface area contributed by atoms with Gasteiger partial charge in [0.1, 0.15) is 0 Å². The number of likely N-dealkylation sites (tertiary alicyclic amines) is 1. The van der Waals surface area contributed by atoms with Gasteiger partial charge in [-0.2, -0.15) is 0 Å². The fourth-order valence-corrected chi connectivity index (χ4v) is 6.47. The maximum absolute atomic E-state index is 13.0. The van der Waals surface area contributed by atoms with Crippen LogP contribution in [0.4, 0.5) is 0 Å². The number of hydrogen-bond acceptors (Lipinski definition) is 4. The maximum atomic E-state index is 13.0. The zero-order valence-corrected chi connectivity index (χ0v) is 17.2. The zero-order chi connectivity index (χ0) is 19.3. The molecule has 156 valence electrons. The lowest BCUT2D eigenvalue weighted by atomic mass is 9.73. The molecule has 0 aromatic carbocycles. The minimum atomic E-state index is -0.141. The molecule has 1 spiro atoms. The van der Waals surface area contributed by atoms with E-state index in [0.29, 0.717) is 24.4 Å². The molecule has 0 unspecified atom stereocenters. The van der Waals surface area contributed by atoms with Crippen LogP contribution in [-0.4, -0.2) is 72.6 Å². The van der Waals surface area contributed by atoms with Crippen molar-refractivity contribution in [2.24, 2.45) is 17.8 Å². The molecule has 5 fully saturated rings. The Morgan fingerprint density at radius 1 is 1.14 bits per heavy atom. The summed E-state index contributed by atoms with van der Waals surface area (Å²) in [5, 5.41) is 3.20. The lowest BCUT2D eigenvalue weighted by Crippen LogP contribution is -2.44. The molecule has 5 rings (SSSR count). The number of likely N-dealkylation sites (N-methyl/N-ethyl adjacent to an activating group) is 1. The molecular formula is C22H35N3O3. The molecule has 6 heteroatoms. The van der Waals surface area contributed by atoms with Gasteiger partial charge in [0.15, 0.2) is 0 Å². The zero-order valence-electron chi connectivity index (χ0n) is 17.2. The van der Waals surface area contributed by atoms with Crippen LogP contribution in [0.2, 0.25) is 0 Å². The molecule has 2 bridgehead atoms. The summed E-state index contributed by atoms with van der Waals surface area (Å²) in [6.45, 7) is 2.80. The van der Waals surface area contributed by atoms with Gasteiger partial charge in [-0.1, -0.05) is 19.3 Å². The minimum absolute atomic E-state index is 0.141. The highest BCUT2D eigenvalue weighted by Crippen LogP contribution is 2.54. The molecule has 2 aliphatic carbocycles.